The topological polar surface area (TPSA) is 40.7 Å². The van der Waals surface area contributed by atoms with Crippen LogP contribution >= 0.6 is 0 Å². The summed E-state index contributed by atoms with van der Waals surface area (Å²) in [6.45, 7) is 5.52. The highest BCUT2D eigenvalue weighted by molar-refractivity contribution is 5.78. The van der Waals surface area contributed by atoms with Crippen molar-refractivity contribution < 1.29 is 0 Å². The minimum Gasteiger partial charge on any atom is -0.341 e. The minimum atomic E-state index is 0.385. The first-order valence-corrected chi connectivity index (χ1v) is 6.44. The highest BCUT2D eigenvalue weighted by Crippen LogP contribution is 2.28. The van der Waals surface area contributed by atoms with Gasteiger partial charge in [-0.3, -0.25) is 0 Å². The zero-order valence-corrected chi connectivity index (χ0v) is 10.5. The zero-order chi connectivity index (χ0) is 11.8. The van der Waals surface area contributed by atoms with Crippen LogP contribution < -0.4 is 5.32 Å². The van der Waals surface area contributed by atoms with Crippen molar-refractivity contribution in [2.45, 2.75) is 32.7 Å². The van der Waals surface area contributed by atoms with Gasteiger partial charge in [-0.25, -0.2) is 4.98 Å². The van der Waals surface area contributed by atoms with E-state index in [9.17, 15) is 0 Å². The predicted octanol–water partition coefficient (Wildman–Crippen LogP) is 2.93. The summed E-state index contributed by atoms with van der Waals surface area (Å²) in [7, 11) is 0. The Balaban J connectivity index is 2.02. The summed E-state index contributed by atoms with van der Waals surface area (Å²) in [6.07, 6.45) is 2.56. The van der Waals surface area contributed by atoms with Crippen molar-refractivity contribution in [2.24, 2.45) is 5.92 Å². The average Bonchev–Trinajstić information content (AvgIpc) is 2.75. The largest absolute Gasteiger partial charge is 0.341 e. The monoisotopic (exact) mass is 229 g/mol. The van der Waals surface area contributed by atoms with Gasteiger partial charge in [-0.15, -0.1) is 0 Å². The Morgan fingerprint density at radius 2 is 2.24 bits per heavy atom. The first kappa shape index (κ1) is 10.8. The quantitative estimate of drug-likeness (QED) is 0.789. The van der Waals surface area contributed by atoms with E-state index in [0.717, 1.165) is 23.4 Å². The lowest BCUT2D eigenvalue weighted by Crippen LogP contribution is -2.33. The fourth-order valence-corrected chi connectivity index (χ4v) is 2.76. The summed E-state index contributed by atoms with van der Waals surface area (Å²) in [5.74, 6) is 1.76. The second-order valence-corrected chi connectivity index (χ2v) is 5.14. The number of fused-ring (bicyclic) bond motifs is 1. The molecule has 2 aromatic rings. The molecule has 1 aliphatic heterocycles. The van der Waals surface area contributed by atoms with Gasteiger partial charge in [0, 0.05) is 0 Å². The summed E-state index contributed by atoms with van der Waals surface area (Å²) < 4.78 is 0. The van der Waals surface area contributed by atoms with Crippen molar-refractivity contribution in [1.82, 2.24) is 15.3 Å². The molecule has 1 aromatic carbocycles. The SMILES string of the molecule is Cc1cccc2[nH]c(C3NCCCC3C)nc12. The Morgan fingerprint density at radius 1 is 1.35 bits per heavy atom. The third-order valence-corrected chi connectivity index (χ3v) is 3.80. The van der Waals surface area contributed by atoms with Crippen LogP contribution in [0, 0.1) is 12.8 Å². The van der Waals surface area contributed by atoms with Gasteiger partial charge in [0.2, 0.25) is 0 Å². The lowest BCUT2D eigenvalue weighted by molar-refractivity contribution is 0.296. The van der Waals surface area contributed by atoms with Crippen molar-refractivity contribution in [3.63, 3.8) is 0 Å². The highest BCUT2D eigenvalue weighted by Gasteiger charge is 2.25. The lowest BCUT2D eigenvalue weighted by Gasteiger charge is -2.28. The first-order chi connectivity index (χ1) is 8.25. The highest BCUT2D eigenvalue weighted by atomic mass is 15.0. The van der Waals surface area contributed by atoms with E-state index in [0.29, 0.717) is 12.0 Å². The Bertz CT molecular complexity index is 529. The average molecular weight is 229 g/mol. The van der Waals surface area contributed by atoms with Crippen LogP contribution in [0.25, 0.3) is 11.0 Å². The van der Waals surface area contributed by atoms with Crippen LogP contribution in [-0.4, -0.2) is 16.5 Å². The Kier molecular flexibility index (Phi) is 2.63. The van der Waals surface area contributed by atoms with E-state index in [1.54, 1.807) is 0 Å². The van der Waals surface area contributed by atoms with E-state index in [1.807, 2.05) is 0 Å². The molecule has 2 atom stereocenters. The zero-order valence-electron chi connectivity index (χ0n) is 10.5. The molecule has 0 spiro atoms. The van der Waals surface area contributed by atoms with Gasteiger partial charge in [-0.2, -0.15) is 0 Å². The van der Waals surface area contributed by atoms with Crippen molar-refractivity contribution in [1.29, 1.82) is 0 Å². The van der Waals surface area contributed by atoms with Crippen LogP contribution in [0.1, 0.15) is 37.2 Å². The fourth-order valence-electron chi connectivity index (χ4n) is 2.76. The molecule has 17 heavy (non-hydrogen) atoms. The second kappa shape index (κ2) is 4.15. The van der Waals surface area contributed by atoms with Gasteiger partial charge in [-0.1, -0.05) is 19.1 Å². The molecule has 3 nitrogen and oxygen atoms in total. The molecule has 2 heterocycles. The molecular formula is C14H19N3. The maximum absolute atomic E-state index is 4.77. The first-order valence-electron chi connectivity index (χ1n) is 6.44. The number of aromatic amines is 1. The van der Waals surface area contributed by atoms with Crippen molar-refractivity contribution in [2.75, 3.05) is 6.54 Å². The van der Waals surface area contributed by atoms with Gasteiger partial charge in [-0.05, 0) is 43.9 Å². The van der Waals surface area contributed by atoms with E-state index in [1.165, 1.54) is 18.4 Å². The second-order valence-electron chi connectivity index (χ2n) is 5.14. The van der Waals surface area contributed by atoms with Crippen molar-refractivity contribution in [3.8, 4) is 0 Å². The molecule has 1 fully saturated rings. The third-order valence-electron chi connectivity index (χ3n) is 3.80. The molecule has 0 radical (unpaired) electrons. The number of nitrogens with one attached hydrogen (secondary N) is 2. The van der Waals surface area contributed by atoms with E-state index >= 15 is 0 Å². The van der Waals surface area contributed by atoms with Crippen molar-refractivity contribution >= 4 is 11.0 Å². The summed E-state index contributed by atoms with van der Waals surface area (Å²) in [5.41, 5.74) is 3.51. The van der Waals surface area contributed by atoms with Crippen molar-refractivity contribution in [3.05, 3.63) is 29.6 Å². The number of hydrogen-bond donors (Lipinski definition) is 2. The molecule has 3 rings (SSSR count). The van der Waals surface area contributed by atoms with Crippen LogP contribution in [0.5, 0.6) is 0 Å². The Hall–Kier alpha value is -1.35. The normalized spacial score (nSPS) is 25.3. The molecule has 2 N–H and O–H groups in total. The molecular weight excluding hydrogens is 210 g/mol. The molecule has 0 amide bonds. The number of imidazole rings is 1. The number of H-pyrrole nitrogens is 1. The van der Waals surface area contributed by atoms with Gasteiger partial charge in [0.05, 0.1) is 17.1 Å². The number of hydrogen-bond acceptors (Lipinski definition) is 2. The summed E-state index contributed by atoms with van der Waals surface area (Å²) in [5, 5.41) is 3.57. The van der Waals surface area contributed by atoms with Crippen LogP contribution in [0.2, 0.25) is 0 Å². The molecule has 2 unspecified atom stereocenters. The van der Waals surface area contributed by atoms with E-state index in [-0.39, 0.29) is 0 Å². The number of rotatable bonds is 1. The number of nitrogens with zero attached hydrogens (tertiary/aromatic N) is 1. The fraction of sp³-hybridized carbons (Fsp3) is 0.500. The van der Waals surface area contributed by atoms with Crippen LogP contribution in [0.4, 0.5) is 0 Å². The Morgan fingerprint density at radius 3 is 3.00 bits per heavy atom. The Labute approximate surface area is 102 Å². The number of para-hydroxylation sites is 1. The molecule has 90 valence electrons. The maximum Gasteiger partial charge on any atom is 0.124 e. The molecule has 1 aliphatic rings. The van der Waals surface area contributed by atoms with Gasteiger partial charge in [0.25, 0.3) is 0 Å². The molecule has 1 aromatic heterocycles. The summed E-state index contributed by atoms with van der Waals surface area (Å²) >= 11 is 0. The summed E-state index contributed by atoms with van der Waals surface area (Å²) in [4.78, 5) is 8.23. The van der Waals surface area contributed by atoms with Gasteiger partial charge in [0.1, 0.15) is 5.82 Å². The standard InChI is InChI=1S/C14H19N3/c1-9-5-3-7-11-12(9)17-14(16-11)13-10(2)6-4-8-15-13/h3,5,7,10,13,15H,4,6,8H2,1-2H3,(H,16,17). The molecule has 3 heteroatoms. The van der Waals surface area contributed by atoms with Gasteiger partial charge >= 0.3 is 0 Å². The molecule has 0 bridgehead atoms. The predicted molar refractivity (Wildman–Crippen MR) is 70.0 cm³/mol. The maximum atomic E-state index is 4.77. The molecule has 0 saturated carbocycles. The van der Waals surface area contributed by atoms with Crippen LogP contribution in [-0.2, 0) is 0 Å². The number of aryl methyl sites for hydroxylation is 1. The number of piperidine rings is 1. The molecule has 1 saturated heterocycles. The minimum absolute atomic E-state index is 0.385. The third kappa shape index (κ3) is 1.84. The van der Waals surface area contributed by atoms with Crippen LogP contribution in [0.15, 0.2) is 18.2 Å². The number of benzene rings is 1. The molecule has 0 aliphatic carbocycles. The van der Waals surface area contributed by atoms with Gasteiger partial charge < -0.3 is 10.3 Å². The van der Waals surface area contributed by atoms with E-state index in [4.69, 9.17) is 4.98 Å². The smallest absolute Gasteiger partial charge is 0.124 e. The van der Waals surface area contributed by atoms with Crippen LogP contribution in [0.3, 0.4) is 0 Å². The lowest BCUT2D eigenvalue weighted by atomic mass is 9.92. The van der Waals surface area contributed by atoms with Gasteiger partial charge in [0.15, 0.2) is 0 Å². The van der Waals surface area contributed by atoms with E-state index in [2.05, 4.69) is 42.3 Å². The summed E-state index contributed by atoms with van der Waals surface area (Å²) in [6, 6.07) is 6.68. The number of aromatic nitrogens is 2. The van der Waals surface area contributed by atoms with E-state index < -0.39 is 0 Å².